The highest BCUT2D eigenvalue weighted by atomic mass is 32.2. The third kappa shape index (κ3) is 2.96. The Morgan fingerprint density at radius 2 is 2.18 bits per heavy atom. The van der Waals surface area contributed by atoms with Gasteiger partial charge in [-0.2, -0.15) is 0 Å². The molecule has 2 aliphatic rings. The molecule has 2 heterocycles. The van der Waals surface area contributed by atoms with Crippen molar-refractivity contribution in [2.24, 2.45) is 0 Å². The third-order valence-corrected chi connectivity index (χ3v) is 5.25. The van der Waals surface area contributed by atoms with Gasteiger partial charge in [-0.3, -0.25) is 9.69 Å². The predicted octanol–water partition coefficient (Wildman–Crippen LogP) is 3.72. The number of allylic oxidation sites excluding steroid dienone is 2. The molecule has 0 saturated carbocycles. The average molecular weight is 330 g/mol. The number of aryl methyl sites for hydroxylation is 1. The topological polar surface area (TPSA) is 23.6 Å². The van der Waals surface area contributed by atoms with E-state index in [4.69, 9.17) is 12.2 Å². The lowest BCUT2D eigenvalue weighted by Crippen LogP contribution is -2.27. The fraction of sp³-hybridized carbons (Fsp3) is 0.294. The third-order valence-electron chi connectivity index (χ3n) is 3.85. The van der Waals surface area contributed by atoms with E-state index in [1.165, 1.54) is 23.0 Å². The summed E-state index contributed by atoms with van der Waals surface area (Å²) in [5.41, 5.74) is 2.65. The monoisotopic (exact) mass is 330 g/mol. The van der Waals surface area contributed by atoms with E-state index in [1.54, 1.807) is 4.90 Å². The lowest BCUT2D eigenvalue weighted by molar-refractivity contribution is -0.122. The number of para-hydroxylation sites is 1. The van der Waals surface area contributed by atoms with Gasteiger partial charge in [0.1, 0.15) is 4.32 Å². The highest BCUT2D eigenvalue weighted by molar-refractivity contribution is 8.26. The van der Waals surface area contributed by atoms with E-state index in [9.17, 15) is 4.79 Å². The summed E-state index contributed by atoms with van der Waals surface area (Å²) in [6.45, 7) is 3.58. The quantitative estimate of drug-likeness (QED) is 0.622. The van der Waals surface area contributed by atoms with Gasteiger partial charge >= 0.3 is 0 Å². The molecule has 0 N–H and O–H groups in total. The van der Waals surface area contributed by atoms with Crippen molar-refractivity contribution < 1.29 is 4.79 Å². The van der Waals surface area contributed by atoms with E-state index in [-0.39, 0.29) is 5.91 Å². The van der Waals surface area contributed by atoms with Crippen LogP contribution in [0.15, 0.2) is 47.5 Å². The van der Waals surface area contributed by atoms with Gasteiger partial charge < -0.3 is 4.90 Å². The van der Waals surface area contributed by atoms with Gasteiger partial charge in [-0.15, -0.1) is 0 Å². The first kappa shape index (κ1) is 15.3. The summed E-state index contributed by atoms with van der Waals surface area (Å²) >= 11 is 6.59. The summed E-state index contributed by atoms with van der Waals surface area (Å²) in [6.07, 6.45) is 8.15. The van der Waals surface area contributed by atoms with Gasteiger partial charge in [0.2, 0.25) is 0 Å². The minimum atomic E-state index is 0.0150. The average Bonchev–Trinajstić information content (AvgIpc) is 2.81. The molecule has 0 atom stereocenters. The fourth-order valence-electron chi connectivity index (χ4n) is 2.74. The van der Waals surface area contributed by atoms with Crippen molar-refractivity contribution in [3.63, 3.8) is 0 Å². The first-order chi connectivity index (χ1) is 10.7. The second-order valence-electron chi connectivity index (χ2n) is 5.22. The van der Waals surface area contributed by atoms with Crippen molar-refractivity contribution in [3.05, 3.63) is 53.1 Å². The molecule has 114 valence electrons. The van der Waals surface area contributed by atoms with Crippen LogP contribution < -0.4 is 4.90 Å². The Morgan fingerprint density at radius 3 is 2.95 bits per heavy atom. The van der Waals surface area contributed by atoms with Gasteiger partial charge in [0.15, 0.2) is 0 Å². The number of hydrogen-bond acceptors (Lipinski definition) is 4. The zero-order valence-electron chi connectivity index (χ0n) is 12.5. The Labute approximate surface area is 140 Å². The van der Waals surface area contributed by atoms with Gasteiger partial charge in [-0.1, -0.05) is 42.2 Å². The van der Waals surface area contributed by atoms with E-state index in [1.807, 2.05) is 19.1 Å². The van der Waals surface area contributed by atoms with Gasteiger partial charge in [0, 0.05) is 25.0 Å². The maximum absolute atomic E-state index is 12.1. The van der Waals surface area contributed by atoms with E-state index >= 15 is 0 Å². The SMILES string of the molecule is CCN1C(=O)/C(=C/C=C/N2CCCc3ccccc32)SC1=S. The van der Waals surface area contributed by atoms with Crippen LogP contribution in [0.1, 0.15) is 18.9 Å². The lowest BCUT2D eigenvalue weighted by Gasteiger charge is -2.27. The first-order valence-electron chi connectivity index (χ1n) is 7.47. The highest BCUT2D eigenvalue weighted by Crippen LogP contribution is 2.31. The molecule has 5 heteroatoms. The number of carbonyl (C=O) groups excluding carboxylic acids is 1. The van der Waals surface area contributed by atoms with Gasteiger partial charge in [-0.25, -0.2) is 0 Å². The summed E-state index contributed by atoms with van der Waals surface area (Å²) in [5, 5.41) is 0. The molecule has 3 nitrogen and oxygen atoms in total. The minimum absolute atomic E-state index is 0.0150. The maximum Gasteiger partial charge on any atom is 0.266 e. The van der Waals surface area contributed by atoms with Gasteiger partial charge in [0.25, 0.3) is 5.91 Å². The van der Waals surface area contributed by atoms with Crippen LogP contribution in [0.25, 0.3) is 0 Å². The van der Waals surface area contributed by atoms with E-state index in [0.717, 1.165) is 19.4 Å². The van der Waals surface area contributed by atoms with Crippen molar-refractivity contribution >= 4 is 39.9 Å². The number of amides is 1. The number of rotatable bonds is 3. The number of thiocarbonyl (C=S) groups is 1. The molecule has 1 aromatic carbocycles. The van der Waals surface area contributed by atoms with Crippen LogP contribution in [0.3, 0.4) is 0 Å². The van der Waals surface area contributed by atoms with Crippen LogP contribution in [-0.4, -0.2) is 28.2 Å². The molecule has 1 aromatic rings. The van der Waals surface area contributed by atoms with Crippen LogP contribution >= 0.6 is 24.0 Å². The molecule has 1 amide bonds. The largest absolute Gasteiger partial charge is 0.348 e. The van der Waals surface area contributed by atoms with Crippen LogP contribution in [0, 0.1) is 0 Å². The number of likely N-dealkylation sites (N-methyl/N-ethyl adjacent to an activating group) is 1. The Morgan fingerprint density at radius 1 is 1.36 bits per heavy atom. The zero-order valence-corrected chi connectivity index (χ0v) is 14.1. The van der Waals surface area contributed by atoms with Crippen molar-refractivity contribution in [2.45, 2.75) is 19.8 Å². The molecule has 3 rings (SSSR count). The Kier molecular flexibility index (Phi) is 4.64. The number of fused-ring (bicyclic) bond motifs is 1. The Hall–Kier alpha value is -1.59. The Bertz CT molecular complexity index is 666. The zero-order chi connectivity index (χ0) is 15.5. The molecule has 1 saturated heterocycles. The normalized spacial score (nSPS) is 20.3. The molecule has 0 unspecified atom stereocenters. The molecule has 0 spiro atoms. The molecule has 0 aromatic heterocycles. The van der Waals surface area contributed by atoms with E-state index < -0.39 is 0 Å². The van der Waals surface area contributed by atoms with Crippen LogP contribution in [-0.2, 0) is 11.2 Å². The number of thioether (sulfide) groups is 1. The second-order valence-corrected chi connectivity index (χ2v) is 6.89. The van der Waals surface area contributed by atoms with Crippen molar-refractivity contribution in [1.29, 1.82) is 0 Å². The second kappa shape index (κ2) is 6.67. The highest BCUT2D eigenvalue weighted by Gasteiger charge is 2.30. The standard InChI is InChI=1S/C17H18N2OS2/c1-2-19-16(20)15(22-17(19)21)10-6-12-18-11-5-8-13-7-3-4-9-14(13)18/h3-4,6-7,9-10,12H,2,5,8,11H2,1H3/b12-6+,15-10-. The first-order valence-corrected chi connectivity index (χ1v) is 8.70. The summed E-state index contributed by atoms with van der Waals surface area (Å²) in [6, 6.07) is 8.48. The number of carbonyl (C=O) groups is 1. The number of hydrogen-bond donors (Lipinski definition) is 0. The van der Waals surface area contributed by atoms with Crippen molar-refractivity contribution in [2.75, 3.05) is 18.0 Å². The number of nitrogens with zero attached hydrogens (tertiary/aromatic N) is 2. The summed E-state index contributed by atoms with van der Waals surface area (Å²) < 4.78 is 0.649. The molecule has 1 fully saturated rings. The molecule has 0 bridgehead atoms. The lowest BCUT2D eigenvalue weighted by atomic mass is 10.0. The number of benzene rings is 1. The maximum atomic E-state index is 12.1. The molecule has 0 radical (unpaired) electrons. The Balaban J connectivity index is 1.75. The van der Waals surface area contributed by atoms with Gasteiger partial charge in [-0.05, 0) is 43.5 Å². The predicted molar refractivity (Wildman–Crippen MR) is 96.9 cm³/mol. The van der Waals surface area contributed by atoms with E-state index in [2.05, 4.69) is 35.4 Å². The minimum Gasteiger partial charge on any atom is -0.348 e. The molecular weight excluding hydrogens is 312 g/mol. The van der Waals surface area contributed by atoms with E-state index in [0.29, 0.717) is 15.8 Å². The van der Waals surface area contributed by atoms with Crippen molar-refractivity contribution in [3.8, 4) is 0 Å². The molecule has 2 aliphatic heterocycles. The molecular formula is C17H18N2OS2. The van der Waals surface area contributed by atoms with Gasteiger partial charge in [0.05, 0.1) is 4.91 Å². The number of anilines is 1. The van der Waals surface area contributed by atoms with Crippen LogP contribution in [0.5, 0.6) is 0 Å². The smallest absolute Gasteiger partial charge is 0.266 e. The van der Waals surface area contributed by atoms with Crippen molar-refractivity contribution in [1.82, 2.24) is 4.90 Å². The molecule has 22 heavy (non-hydrogen) atoms. The van der Waals surface area contributed by atoms with Crippen LogP contribution in [0.2, 0.25) is 0 Å². The summed E-state index contributed by atoms with van der Waals surface area (Å²) in [4.78, 5) is 16.7. The summed E-state index contributed by atoms with van der Waals surface area (Å²) in [7, 11) is 0. The fourth-order valence-corrected chi connectivity index (χ4v) is 4.07. The van der Waals surface area contributed by atoms with Crippen LogP contribution in [0.4, 0.5) is 5.69 Å². The summed E-state index contributed by atoms with van der Waals surface area (Å²) in [5.74, 6) is 0.0150. The molecule has 0 aliphatic carbocycles.